The molecule has 0 bridgehead atoms. The minimum Gasteiger partial charge on any atom is -0.470 e. The van der Waals surface area contributed by atoms with Gasteiger partial charge in [-0.25, -0.2) is 0 Å². The molecular weight excluding hydrogens is 104 g/mol. The molecule has 8 heavy (non-hydrogen) atoms. The van der Waals surface area contributed by atoms with Crippen LogP contribution in [0.2, 0.25) is 0 Å². The maximum Gasteiger partial charge on any atom is 0.105 e. The first-order valence-corrected chi connectivity index (χ1v) is 2.47. The molecule has 0 radical (unpaired) electrons. The van der Waals surface area contributed by atoms with Crippen molar-refractivity contribution in [2.75, 3.05) is 6.61 Å². The van der Waals surface area contributed by atoms with Crippen LogP contribution in [0.15, 0.2) is 24.7 Å². The molecule has 0 aliphatic carbocycles. The fourth-order valence-corrected chi connectivity index (χ4v) is 0.579. The molecule has 1 atom stereocenters. The van der Waals surface area contributed by atoms with Crippen LogP contribution in [0.3, 0.4) is 0 Å². The molecule has 1 unspecified atom stereocenters. The van der Waals surface area contributed by atoms with Gasteiger partial charge in [0.05, 0.1) is 18.8 Å². The third kappa shape index (κ3) is 0.746. The third-order valence-corrected chi connectivity index (χ3v) is 1.14. The second kappa shape index (κ2) is 2.01. The van der Waals surface area contributed by atoms with Crippen LogP contribution in [0.1, 0.15) is 0 Å². The van der Waals surface area contributed by atoms with Crippen molar-refractivity contribution in [1.29, 1.82) is 0 Å². The Morgan fingerprint density at radius 3 is 2.88 bits per heavy atom. The van der Waals surface area contributed by atoms with Crippen LogP contribution in [0, 0.1) is 5.92 Å². The van der Waals surface area contributed by atoms with Gasteiger partial charge in [0, 0.05) is 0 Å². The minimum atomic E-state index is 0.0231. The van der Waals surface area contributed by atoms with Gasteiger partial charge in [-0.3, -0.25) is 0 Å². The number of aliphatic hydroxyl groups is 1. The summed E-state index contributed by atoms with van der Waals surface area (Å²) >= 11 is 0. The van der Waals surface area contributed by atoms with E-state index in [1.165, 1.54) is 0 Å². The van der Waals surface area contributed by atoms with E-state index < -0.39 is 0 Å². The van der Waals surface area contributed by atoms with Gasteiger partial charge in [-0.2, -0.15) is 0 Å². The first kappa shape index (κ1) is 5.38. The smallest absolute Gasteiger partial charge is 0.105 e. The highest BCUT2D eigenvalue weighted by Gasteiger charge is 2.12. The number of hydrogen-bond acceptors (Lipinski definition) is 2. The van der Waals surface area contributed by atoms with Crippen LogP contribution in [-0.4, -0.2) is 11.7 Å². The van der Waals surface area contributed by atoms with Gasteiger partial charge in [0.15, 0.2) is 0 Å². The molecule has 0 aromatic carbocycles. The van der Waals surface area contributed by atoms with Crippen molar-refractivity contribution in [3.05, 3.63) is 24.7 Å². The Labute approximate surface area is 48.1 Å². The summed E-state index contributed by atoms with van der Waals surface area (Å²) in [6, 6.07) is 0. The van der Waals surface area contributed by atoms with Crippen LogP contribution in [0.4, 0.5) is 0 Å². The van der Waals surface area contributed by atoms with E-state index in [-0.39, 0.29) is 12.5 Å². The number of rotatable bonds is 1. The van der Waals surface area contributed by atoms with Crippen LogP contribution in [-0.2, 0) is 4.74 Å². The van der Waals surface area contributed by atoms with Gasteiger partial charge in [0.2, 0.25) is 0 Å². The van der Waals surface area contributed by atoms with Crippen molar-refractivity contribution in [3.63, 3.8) is 0 Å². The molecule has 0 amide bonds. The molecule has 0 aromatic rings. The molecule has 1 aliphatic rings. The van der Waals surface area contributed by atoms with Gasteiger partial charge >= 0.3 is 0 Å². The molecular formula is C6H8O2. The van der Waals surface area contributed by atoms with Crippen LogP contribution < -0.4 is 0 Å². The van der Waals surface area contributed by atoms with E-state index in [1.807, 2.05) is 0 Å². The molecule has 1 N–H and O–H groups in total. The van der Waals surface area contributed by atoms with E-state index in [1.54, 1.807) is 12.3 Å². The van der Waals surface area contributed by atoms with Crippen LogP contribution >= 0.6 is 0 Å². The van der Waals surface area contributed by atoms with E-state index >= 15 is 0 Å². The van der Waals surface area contributed by atoms with Crippen molar-refractivity contribution >= 4 is 0 Å². The van der Waals surface area contributed by atoms with E-state index in [9.17, 15) is 0 Å². The zero-order chi connectivity index (χ0) is 5.98. The molecule has 0 aromatic heterocycles. The first-order chi connectivity index (χ1) is 3.84. The molecule has 0 fully saturated rings. The predicted molar refractivity (Wildman–Crippen MR) is 29.9 cm³/mol. The summed E-state index contributed by atoms with van der Waals surface area (Å²) in [6.07, 6.45) is 3.32. The van der Waals surface area contributed by atoms with E-state index in [0.717, 1.165) is 0 Å². The summed E-state index contributed by atoms with van der Waals surface area (Å²) in [5.41, 5.74) is 0. The number of aliphatic hydroxyl groups excluding tert-OH is 1. The van der Waals surface area contributed by atoms with Gasteiger partial charge in [-0.1, -0.05) is 6.58 Å². The summed E-state index contributed by atoms with van der Waals surface area (Å²) < 4.78 is 4.82. The van der Waals surface area contributed by atoms with Crippen LogP contribution in [0.25, 0.3) is 0 Å². The Morgan fingerprint density at radius 2 is 2.62 bits per heavy atom. The molecule has 0 spiro atoms. The second-order valence-electron chi connectivity index (χ2n) is 1.70. The third-order valence-electron chi connectivity index (χ3n) is 1.14. The first-order valence-electron chi connectivity index (χ1n) is 2.47. The van der Waals surface area contributed by atoms with E-state index in [2.05, 4.69) is 6.58 Å². The molecule has 1 heterocycles. The van der Waals surface area contributed by atoms with Gasteiger partial charge < -0.3 is 9.84 Å². The minimum absolute atomic E-state index is 0.0231. The molecule has 2 heteroatoms. The quantitative estimate of drug-likeness (QED) is 0.539. The zero-order valence-electron chi connectivity index (χ0n) is 4.50. The van der Waals surface area contributed by atoms with Gasteiger partial charge in [-0.05, 0) is 6.08 Å². The Kier molecular flexibility index (Phi) is 1.35. The molecule has 44 valence electrons. The summed E-state index contributed by atoms with van der Waals surface area (Å²) in [5, 5.41) is 8.54. The van der Waals surface area contributed by atoms with Gasteiger partial charge in [-0.15, -0.1) is 0 Å². The monoisotopic (exact) mass is 112 g/mol. The van der Waals surface area contributed by atoms with Crippen molar-refractivity contribution in [2.24, 2.45) is 5.92 Å². The number of ether oxygens (including phenoxy) is 1. The highest BCUT2D eigenvalue weighted by molar-refractivity contribution is 5.08. The lowest BCUT2D eigenvalue weighted by Gasteiger charge is -2.01. The van der Waals surface area contributed by atoms with Crippen molar-refractivity contribution in [1.82, 2.24) is 0 Å². The lowest BCUT2D eigenvalue weighted by molar-refractivity contribution is 0.240. The largest absolute Gasteiger partial charge is 0.470 e. The average molecular weight is 112 g/mol. The van der Waals surface area contributed by atoms with Crippen molar-refractivity contribution in [2.45, 2.75) is 0 Å². The average Bonchev–Trinajstić information content (AvgIpc) is 2.14. The summed E-state index contributed by atoms with van der Waals surface area (Å²) in [4.78, 5) is 0. The van der Waals surface area contributed by atoms with Crippen molar-refractivity contribution < 1.29 is 9.84 Å². The lowest BCUT2D eigenvalue weighted by atomic mass is 10.1. The summed E-state index contributed by atoms with van der Waals surface area (Å²) in [6.45, 7) is 3.65. The maximum atomic E-state index is 8.54. The summed E-state index contributed by atoms with van der Waals surface area (Å²) in [5.74, 6) is 0.655. The Hall–Kier alpha value is -0.760. The Bertz CT molecular complexity index is 126. The Morgan fingerprint density at radius 1 is 1.88 bits per heavy atom. The molecule has 2 nitrogen and oxygen atoms in total. The highest BCUT2D eigenvalue weighted by Crippen LogP contribution is 2.17. The van der Waals surface area contributed by atoms with E-state index in [0.29, 0.717) is 5.76 Å². The molecule has 1 aliphatic heterocycles. The zero-order valence-corrected chi connectivity index (χ0v) is 4.50. The van der Waals surface area contributed by atoms with Crippen molar-refractivity contribution in [3.8, 4) is 0 Å². The van der Waals surface area contributed by atoms with Gasteiger partial charge in [0.25, 0.3) is 0 Å². The standard InChI is InChI=1S/C6H8O2/c1-5-6(4-7)2-3-8-5/h2-3,6-7H,1,4H2. The van der Waals surface area contributed by atoms with E-state index in [4.69, 9.17) is 9.84 Å². The van der Waals surface area contributed by atoms with Crippen LogP contribution in [0.5, 0.6) is 0 Å². The summed E-state index contributed by atoms with van der Waals surface area (Å²) in [7, 11) is 0. The predicted octanol–water partition coefficient (Wildman–Crippen LogP) is 0.652. The number of hydrogen-bond donors (Lipinski definition) is 1. The SMILES string of the molecule is C=C1OC=CC1CO. The highest BCUT2D eigenvalue weighted by atomic mass is 16.5. The Balaban J connectivity index is 2.53. The topological polar surface area (TPSA) is 29.5 Å². The molecule has 0 saturated heterocycles. The molecule has 1 rings (SSSR count). The lowest BCUT2D eigenvalue weighted by Crippen LogP contribution is -2.00. The maximum absolute atomic E-state index is 8.54. The van der Waals surface area contributed by atoms with Gasteiger partial charge in [0.1, 0.15) is 5.76 Å². The normalized spacial score (nSPS) is 26.1. The second-order valence-corrected chi connectivity index (χ2v) is 1.70. The molecule has 0 saturated carbocycles. The fraction of sp³-hybridized carbons (Fsp3) is 0.333. The fourth-order valence-electron chi connectivity index (χ4n) is 0.579.